The lowest BCUT2D eigenvalue weighted by Gasteiger charge is -2.20. The molecule has 0 spiro atoms. The SMILES string of the molecule is O=P(O)(O)[C@@H](NCCc1cccc(F)c1)c1cccc(Cl)c1. The van der Waals surface area contributed by atoms with E-state index in [1.54, 1.807) is 30.3 Å². The largest absolute Gasteiger partial charge is 0.346 e. The molecule has 118 valence electrons. The summed E-state index contributed by atoms with van der Waals surface area (Å²) >= 11 is 5.86. The third-order valence-corrected chi connectivity index (χ3v) is 4.53. The summed E-state index contributed by atoms with van der Waals surface area (Å²) in [5, 5.41) is 3.23. The Bertz CT molecular complexity index is 692. The number of nitrogens with one attached hydrogen (secondary N) is 1. The predicted molar refractivity (Wildman–Crippen MR) is 84.3 cm³/mol. The maximum Gasteiger partial charge on any atom is 0.346 e. The van der Waals surface area contributed by atoms with Crippen molar-refractivity contribution in [2.45, 2.75) is 12.2 Å². The molecule has 0 saturated carbocycles. The highest BCUT2D eigenvalue weighted by Crippen LogP contribution is 2.50. The van der Waals surface area contributed by atoms with Crippen molar-refractivity contribution in [3.63, 3.8) is 0 Å². The summed E-state index contributed by atoms with van der Waals surface area (Å²) in [6.07, 6.45) is 0.453. The second-order valence-corrected chi connectivity index (χ2v) is 7.01. The van der Waals surface area contributed by atoms with Crippen molar-refractivity contribution in [1.29, 1.82) is 0 Å². The van der Waals surface area contributed by atoms with Gasteiger partial charge in [-0.1, -0.05) is 35.9 Å². The molecule has 0 heterocycles. The van der Waals surface area contributed by atoms with Crippen molar-refractivity contribution in [1.82, 2.24) is 5.32 Å². The van der Waals surface area contributed by atoms with Crippen LogP contribution in [0.4, 0.5) is 4.39 Å². The molecule has 7 heteroatoms. The van der Waals surface area contributed by atoms with Gasteiger partial charge in [0.05, 0.1) is 0 Å². The number of rotatable bonds is 6. The summed E-state index contributed by atoms with van der Waals surface area (Å²) in [6.45, 7) is 0.297. The molecule has 2 aromatic carbocycles. The van der Waals surface area contributed by atoms with E-state index in [4.69, 9.17) is 11.6 Å². The smallest absolute Gasteiger partial charge is 0.323 e. The molecular formula is C15H16ClFNO3P. The fourth-order valence-corrected chi connectivity index (χ4v) is 3.27. The van der Waals surface area contributed by atoms with Crippen LogP contribution in [0.3, 0.4) is 0 Å². The standard InChI is InChI=1S/C15H16ClFNO3P/c16-13-5-2-4-12(10-13)15(22(19,20)21)18-8-7-11-3-1-6-14(17)9-11/h1-6,9-10,15,18H,7-8H2,(H2,19,20,21)/t15-/m1/s1. The first-order valence-corrected chi connectivity index (χ1v) is 8.71. The summed E-state index contributed by atoms with van der Waals surface area (Å²) in [5.41, 5.74) is 1.17. The van der Waals surface area contributed by atoms with E-state index in [9.17, 15) is 18.7 Å². The van der Waals surface area contributed by atoms with Crippen LogP contribution < -0.4 is 5.32 Å². The average molecular weight is 344 g/mol. The van der Waals surface area contributed by atoms with Crippen LogP contribution in [0.1, 0.15) is 16.9 Å². The monoisotopic (exact) mass is 343 g/mol. The van der Waals surface area contributed by atoms with Gasteiger partial charge in [0.1, 0.15) is 11.6 Å². The van der Waals surface area contributed by atoms with Crippen LogP contribution in [0, 0.1) is 5.82 Å². The molecule has 0 fully saturated rings. The van der Waals surface area contributed by atoms with E-state index in [-0.39, 0.29) is 5.82 Å². The van der Waals surface area contributed by atoms with Crippen LogP contribution in [0.5, 0.6) is 0 Å². The second-order valence-electron chi connectivity index (χ2n) is 4.88. The lowest BCUT2D eigenvalue weighted by atomic mass is 10.1. The predicted octanol–water partition coefficient (Wildman–Crippen LogP) is 3.49. The molecule has 4 nitrogen and oxygen atoms in total. The van der Waals surface area contributed by atoms with Crippen molar-refractivity contribution < 1.29 is 18.7 Å². The first-order valence-electron chi connectivity index (χ1n) is 6.65. The Hall–Kier alpha value is -1.23. The molecule has 0 aliphatic carbocycles. The van der Waals surface area contributed by atoms with Crippen LogP contribution in [-0.4, -0.2) is 16.3 Å². The maximum atomic E-state index is 13.1. The third kappa shape index (κ3) is 4.90. The highest BCUT2D eigenvalue weighted by Gasteiger charge is 2.29. The van der Waals surface area contributed by atoms with Gasteiger partial charge in [0.2, 0.25) is 0 Å². The number of halogens is 2. The molecule has 0 unspecified atom stereocenters. The first-order chi connectivity index (χ1) is 10.4. The second kappa shape index (κ2) is 7.36. The van der Waals surface area contributed by atoms with Crippen molar-refractivity contribution >= 4 is 19.2 Å². The maximum absolute atomic E-state index is 13.1. The van der Waals surface area contributed by atoms with Gasteiger partial charge in [-0.25, -0.2) is 4.39 Å². The summed E-state index contributed by atoms with van der Waals surface area (Å²) < 4.78 is 24.8. The molecule has 3 N–H and O–H groups in total. The first kappa shape index (κ1) is 17.1. The molecule has 0 saturated heterocycles. The lowest BCUT2D eigenvalue weighted by Crippen LogP contribution is -2.24. The third-order valence-electron chi connectivity index (χ3n) is 3.14. The van der Waals surface area contributed by atoms with E-state index in [1.807, 2.05) is 0 Å². The molecule has 2 aromatic rings. The summed E-state index contributed by atoms with van der Waals surface area (Å²) in [4.78, 5) is 19.0. The molecule has 1 atom stereocenters. The van der Waals surface area contributed by atoms with Gasteiger partial charge in [0.15, 0.2) is 0 Å². The molecule has 0 aromatic heterocycles. The van der Waals surface area contributed by atoms with E-state index in [0.717, 1.165) is 5.56 Å². The minimum atomic E-state index is -4.39. The van der Waals surface area contributed by atoms with E-state index in [0.29, 0.717) is 23.6 Å². The minimum absolute atomic E-state index is 0.297. The van der Waals surface area contributed by atoms with Crippen molar-refractivity contribution in [2.24, 2.45) is 0 Å². The molecule has 0 aliphatic rings. The molecule has 22 heavy (non-hydrogen) atoms. The topological polar surface area (TPSA) is 69.6 Å². The quantitative estimate of drug-likeness (QED) is 0.702. The van der Waals surface area contributed by atoms with Gasteiger partial charge in [-0.2, -0.15) is 0 Å². The molecule has 2 rings (SSSR count). The Balaban J connectivity index is 2.07. The van der Waals surface area contributed by atoms with Crippen LogP contribution in [0.2, 0.25) is 5.02 Å². The fourth-order valence-electron chi connectivity index (χ4n) is 2.15. The highest BCUT2D eigenvalue weighted by molar-refractivity contribution is 7.52. The van der Waals surface area contributed by atoms with E-state index in [1.165, 1.54) is 18.2 Å². The number of hydrogen-bond acceptors (Lipinski definition) is 2. The van der Waals surface area contributed by atoms with E-state index in [2.05, 4.69) is 5.32 Å². The molecule has 0 aliphatic heterocycles. The van der Waals surface area contributed by atoms with Gasteiger partial charge < -0.3 is 9.79 Å². The van der Waals surface area contributed by atoms with Gasteiger partial charge in [-0.15, -0.1) is 0 Å². The summed E-state index contributed by atoms with van der Waals surface area (Å²) in [6, 6.07) is 12.5. The minimum Gasteiger partial charge on any atom is -0.323 e. The molecule has 0 radical (unpaired) electrons. The van der Waals surface area contributed by atoms with Crippen LogP contribution in [-0.2, 0) is 11.0 Å². The average Bonchev–Trinajstić information content (AvgIpc) is 2.42. The van der Waals surface area contributed by atoms with E-state index >= 15 is 0 Å². The Morgan fingerprint density at radius 1 is 1.18 bits per heavy atom. The van der Waals surface area contributed by atoms with Gasteiger partial charge in [0, 0.05) is 11.6 Å². The number of hydrogen-bond donors (Lipinski definition) is 3. The van der Waals surface area contributed by atoms with Crippen LogP contribution in [0.15, 0.2) is 48.5 Å². The zero-order chi connectivity index (χ0) is 16.2. The molecule has 0 bridgehead atoms. The van der Waals surface area contributed by atoms with E-state index < -0.39 is 13.4 Å². The van der Waals surface area contributed by atoms with Crippen LogP contribution in [0.25, 0.3) is 0 Å². The normalized spacial score (nSPS) is 13.1. The lowest BCUT2D eigenvalue weighted by molar-refractivity contribution is 0.348. The van der Waals surface area contributed by atoms with Gasteiger partial charge in [0.25, 0.3) is 0 Å². The zero-order valence-electron chi connectivity index (χ0n) is 11.6. The van der Waals surface area contributed by atoms with Crippen molar-refractivity contribution in [2.75, 3.05) is 6.54 Å². The van der Waals surface area contributed by atoms with Crippen LogP contribution >= 0.6 is 19.2 Å². The Morgan fingerprint density at radius 3 is 2.55 bits per heavy atom. The van der Waals surface area contributed by atoms with Gasteiger partial charge >= 0.3 is 7.60 Å². The fraction of sp³-hybridized carbons (Fsp3) is 0.200. The zero-order valence-corrected chi connectivity index (χ0v) is 13.3. The molecule has 0 amide bonds. The van der Waals surface area contributed by atoms with Crippen molar-refractivity contribution in [3.8, 4) is 0 Å². The Labute approximate surface area is 133 Å². The summed E-state index contributed by atoms with van der Waals surface area (Å²) in [5.74, 6) is -1.47. The summed E-state index contributed by atoms with van der Waals surface area (Å²) in [7, 11) is -4.39. The van der Waals surface area contributed by atoms with Gasteiger partial charge in [-0.05, 0) is 41.8 Å². The highest BCUT2D eigenvalue weighted by atomic mass is 35.5. The van der Waals surface area contributed by atoms with Gasteiger partial charge in [-0.3, -0.25) is 9.88 Å². The Kier molecular flexibility index (Phi) is 5.73. The molecular weight excluding hydrogens is 328 g/mol. The number of benzene rings is 2. The Morgan fingerprint density at radius 2 is 1.91 bits per heavy atom. The van der Waals surface area contributed by atoms with Crippen molar-refractivity contribution in [3.05, 3.63) is 70.5 Å².